The molecular formula is C28H34N2O6S. The van der Waals surface area contributed by atoms with Gasteiger partial charge in [-0.1, -0.05) is 25.1 Å². The highest BCUT2D eigenvalue weighted by Crippen LogP contribution is 2.33. The maximum absolute atomic E-state index is 13.9. The van der Waals surface area contributed by atoms with Crippen molar-refractivity contribution in [3.63, 3.8) is 0 Å². The van der Waals surface area contributed by atoms with Gasteiger partial charge in [0.2, 0.25) is 5.91 Å². The summed E-state index contributed by atoms with van der Waals surface area (Å²) in [7, 11) is 0.371. The zero-order chi connectivity index (χ0) is 27.2. The molecule has 0 saturated carbocycles. The average molecular weight is 527 g/mol. The molecule has 3 rings (SSSR count). The molecule has 37 heavy (non-hydrogen) atoms. The van der Waals surface area contributed by atoms with Crippen molar-refractivity contribution in [3.8, 4) is 17.2 Å². The first-order chi connectivity index (χ1) is 17.6. The van der Waals surface area contributed by atoms with Crippen LogP contribution in [0.2, 0.25) is 0 Å². The van der Waals surface area contributed by atoms with Gasteiger partial charge in [0.05, 0.1) is 38.0 Å². The Labute approximate surface area is 219 Å². The molecule has 1 atom stereocenters. The van der Waals surface area contributed by atoms with Crippen LogP contribution in [-0.2, 0) is 14.8 Å². The maximum atomic E-state index is 13.9. The van der Waals surface area contributed by atoms with Gasteiger partial charge in [0.1, 0.15) is 12.3 Å². The Kier molecular flexibility index (Phi) is 9.04. The van der Waals surface area contributed by atoms with E-state index < -0.39 is 22.5 Å². The van der Waals surface area contributed by atoms with Crippen molar-refractivity contribution in [2.75, 3.05) is 32.2 Å². The predicted octanol–water partition coefficient (Wildman–Crippen LogP) is 4.79. The molecule has 1 amide bonds. The third kappa shape index (κ3) is 6.54. The lowest BCUT2D eigenvalue weighted by molar-refractivity contribution is -0.120. The number of aryl methyl sites for hydroxylation is 2. The molecule has 0 unspecified atom stereocenters. The van der Waals surface area contributed by atoms with Gasteiger partial charge in [-0.3, -0.25) is 9.10 Å². The van der Waals surface area contributed by atoms with Gasteiger partial charge < -0.3 is 19.5 Å². The van der Waals surface area contributed by atoms with Crippen LogP contribution in [0.15, 0.2) is 65.6 Å². The van der Waals surface area contributed by atoms with Crippen molar-refractivity contribution in [2.24, 2.45) is 0 Å². The summed E-state index contributed by atoms with van der Waals surface area (Å²) in [5.41, 5.74) is 3.07. The second-order valence-electron chi connectivity index (χ2n) is 8.68. The standard InChI is InChI=1S/C28H34N2O6S/c1-7-25(21-8-10-23(34-4)11-9-21)29-28(31)18-30(22-15-19(2)14-20(3)16-22)37(32,33)24-12-13-26(35-5)27(17-24)36-6/h8-17,25H,7,18H2,1-6H3,(H,29,31)/t25-/m0/s1. The normalized spacial score (nSPS) is 11.9. The lowest BCUT2D eigenvalue weighted by atomic mass is 10.0. The van der Waals surface area contributed by atoms with Crippen molar-refractivity contribution in [1.82, 2.24) is 5.32 Å². The minimum Gasteiger partial charge on any atom is -0.497 e. The number of hydrogen-bond donors (Lipinski definition) is 1. The van der Waals surface area contributed by atoms with Gasteiger partial charge in [-0.05, 0) is 73.4 Å². The number of nitrogens with zero attached hydrogens (tertiary/aromatic N) is 1. The quantitative estimate of drug-likeness (QED) is 0.386. The topological polar surface area (TPSA) is 94.2 Å². The first kappa shape index (κ1) is 27.9. The largest absolute Gasteiger partial charge is 0.497 e. The number of methoxy groups -OCH3 is 3. The molecule has 198 valence electrons. The highest BCUT2D eigenvalue weighted by molar-refractivity contribution is 7.92. The predicted molar refractivity (Wildman–Crippen MR) is 144 cm³/mol. The number of benzene rings is 3. The van der Waals surface area contributed by atoms with Gasteiger partial charge in [0, 0.05) is 6.07 Å². The summed E-state index contributed by atoms with van der Waals surface area (Å²) in [4.78, 5) is 13.3. The first-order valence-corrected chi connectivity index (χ1v) is 13.3. The summed E-state index contributed by atoms with van der Waals surface area (Å²) in [6.45, 7) is 5.33. The van der Waals surface area contributed by atoms with Crippen LogP contribution in [0.3, 0.4) is 0 Å². The minimum atomic E-state index is -4.14. The SMILES string of the molecule is CC[C@H](NC(=O)CN(c1cc(C)cc(C)c1)S(=O)(=O)c1ccc(OC)c(OC)c1)c1ccc(OC)cc1. The molecule has 3 aromatic rings. The van der Waals surface area contributed by atoms with Crippen LogP contribution in [0.4, 0.5) is 5.69 Å². The van der Waals surface area contributed by atoms with Crippen molar-refractivity contribution in [3.05, 3.63) is 77.4 Å². The van der Waals surface area contributed by atoms with E-state index in [4.69, 9.17) is 14.2 Å². The number of amides is 1. The molecule has 0 bridgehead atoms. The van der Waals surface area contributed by atoms with Gasteiger partial charge in [-0.15, -0.1) is 0 Å². The van der Waals surface area contributed by atoms with E-state index >= 15 is 0 Å². The molecule has 9 heteroatoms. The van der Waals surface area contributed by atoms with Crippen LogP contribution in [0.25, 0.3) is 0 Å². The van der Waals surface area contributed by atoms with Crippen LogP contribution in [0, 0.1) is 13.8 Å². The van der Waals surface area contributed by atoms with Gasteiger partial charge in [0.15, 0.2) is 11.5 Å². The Morgan fingerprint density at radius 3 is 2.03 bits per heavy atom. The van der Waals surface area contributed by atoms with Crippen LogP contribution < -0.4 is 23.8 Å². The Hall–Kier alpha value is -3.72. The van der Waals surface area contributed by atoms with Crippen LogP contribution in [0.5, 0.6) is 17.2 Å². The average Bonchev–Trinajstić information content (AvgIpc) is 2.89. The Morgan fingerprint density at radius 1 is 0.865 bits per heavy atom. The molecule has 0 aliphatic heterocycles. The molecule has 0 aliphatic rings. The van der Waals surface area contributed by atoms with Gasteiger partial charge in [-0.2, -0.15) is 0 Å². The summed E-state index contributed by atoms with van der Waals surface area (Å²) in [6, 6.07) is 16.9. The van der Waals surface area contributed by atoms with E-state index in [1.165, 1.54) is 32.4 Å². The fraction of sp³-hybridized carbons (Fsp3) is 0.321. The summed E-state index contributed by atoms with van der Waals surface area (Å²) < 4.78 is 44.7. The van der Waals surface area contributed by atoms with E-state index in [-0.39, 0.29) is 16.7 Å². The van der Waals surface area contributed by atoms with Crippen LogP contribution in [0.1, 0.15) is 36.1 Å². The maximum Gasteiger partial charge on any atom is 0.264 e. The number of carbonyl (C=O) groups excluding carboxylic acids is 1. The molecule has 8 nitrogen and oxygen atoms in total. The van der Waals surface area contributed by atoms with E-state index in [0.717, 1.165) is 21.0 Å². The lowest BCUT2D eigenvalue weighted by Crippen LogP contribution is -2.42. The Bertz CT molecular complexity index is 1320. The Morgan fingerprint density at radius 2 is 1.49 bits per heavy atom. The number of ether oxygens (including phenoxy) is 3. The van der Waals surface area contributed by atoms with Crippen LogP contribution in [-0.4, -0.2) is 42.2 Å². The van der Waals surface area contributed by atoms with Crippen molar-refractivity contribution in [1.29, 1.82) is 0 Å². The third-order valence-corrected chi connectivity index (χ3v) is 7.76. The second kappa shape index (κ2) is 12.0. The molecule has 0 fully saturated rings. The molecule has 3 aromatic carbocycles. The highest BCUT2D eigenvalue weighted by Gasteiger charge is 2.29. The number of rotatable bonds is 11. The van der Waals surface area contributed by atoms with E-state index in [0.29, 0.717) is 23.6 Å². The first-order valence-electron chi connectivity index (χ1n) is 11.9. The highest BCUT2D eigenvalue weighted by atomic mass is 32.2. The summed E-state index contributed by atoms with van der Waals surface area (Å²) >= 11 is 0. The number of anilines is 1. The molecule has 0 heterocycles. The van der Waals surface area contributed by atoms with E-state index in [9.17, 15) is 13.2 Å². The van der Waals surface area contributed by atoms with Gasteiger partial charge in [-0.25, -0.2) is 8.42 Å². The van der Waals surface area contributed by atoms with E-state index in [2.05, 4.69) is 5.32 Å². The molecule has 0 saturated heterocycles. The summed E-state index contributed by atoms with van der Waals surface area (Å²) in [5, 5.41) is 2.98. The zero-order valence-corrected chi connectivity index (χ0v) is 22.9. The van der Waals surface area contributed by atoms with Crippen molar-refractivity contribution >= 4 is 21.6 Å². The smallest absolute Gasteiger partial charge is 0.264 e. The fourth-order valence-corrected chi connectivity index (χ4v) is 5.56. The molecule has 0 radical (unpaired) electrons. The number of sulfonamides is 1. The number of hydrogen-bond acceptors (Lipinski definition) is 6. The third-order valence-electron chi connectivity index (χ3n) is 5.99. The summed E-state index contributed by atoms with van der Waals surface area (Å²) in [5.74, 6) is 0.971. The van der Waals surface area contributed by atoms with Gasteiger partial charge >= 0.3 is 0 Å². The van der Waals surface area contributed by atoms with Crippen molar-refractivity contribution in [2.45, 2.75) is 38.1 Å². The zero-order valence-electron chi connectivity index (χ0n) is 22.1. The summed E-state index contributed by atoms with van der Waals surface area (Å²) in [6.07, 6.45) is 0.629. The minimum absolute atomic E-state index is 0.0145. The van der Waals surface area contributed by atoms with Crippen LogP contribution >= 0.6 is 0 Å². The second-order valence-corrected chi connectivity index (χ2v) is 10.5. The lowest BCUT2D eigenvalue weighted by Gasteiger charge is -2.26. The molecule has 0 spiro atoms. The Balaban J connectivity index is 1.98. The molecule has 0 aliphatic carbocycles. The molecular weight excluding hydrogens is 492 g/mol. The van der Waals surface area contributed by atoms with Crippen molar-refractivity contribution < 1.29 is 27.4 Å². The monoisotopic (exact) mass is 526 g/mol. The fourth-order valence-electron chi connectivity index (χ4n) is 4.14. The molecule has 0 aromatic heterocycles. The van der Waals surface area contributed by atoms with E-state index in [1.807, 2.05) is 51.1 Å². The number of nitrogens with one attached hydrogen (secondary N) is 1. The number of carbonyl (C=O) groups is 1. The van der Waals surface area contributed by atoms with Gasteiger partial charge in [0.25, 0.3) is 10.0 Å². The molecule has 1 N–H and O–H groups in total. The van der Waals surface area contributed by atoms with E-state index in [1.54, 1.807) is 19.2 Å².